The lowest BCUT2D eigenvalue weighted by molar-refractivity contribution is -0.124. The predicted octanol–water partition coefficient (Wildman–Crippen LogP) is 1.67. The molecule has 1 saturated carbocycles. The van der Waals surface area contributed by atoms with Gasteiger partial charge in [-0.2, -0.15) is 0 Å². The molecule has 1 amide bonds. The van der Waals surface area contributed by atoms with Gasteiger partial charge in [0.1, 0.15) is 5.38 Å². The molecule has 1 aliphatic heterocycles. The number of carbonyl (C=O) groups excluding carboxylic acids is 1. The summed E-state index contributed by atoms with van der Waals surface area (Å²) in [6.07, 6.45) is 5.85. The van der Waals surface area contributed by atoms with Gasteiger partial charge >= 0.3 is 0 Å². The molecule has 2 nitrogen and oxygen atoms in total. The van der Waals surface area contributed by atoms with Gasteiger partial charge in [0, 0.05) is 6.04 Å². The van der Waals surface area contributed by atoms with Crippen molar-refractivity contribution in [3.63, 3.8) is 0 Å². The minimum absolute atomic E-state index is 0.0415. The van der Waals surface area contributed by atoms with Crippen molar-refractivity contribution < 1.29 is 4.79 Å². The lowest BCUT2D eigenvalue weighted by Gasteiger charge is -2.37. The molecule has 68 valence electrons. The fourth-order valence-electron chi connectivity index (χ4n) is 2.33. The number of piperidine rings is 1. The number of hydrogen-bond donors (Lipinski definition) is 1. The monoisotopic (exact) mass is 187 g/mol. The zero-order chi connectivity index (χ0) is 8.55. The highest BCUT2D eigenvalue weighted by molar-refractivity contribution is 6.30. The second-order valence-corrected chi connectivity index (χ2v) is 4.39. The summed E-state index contributed by atoms with van der Waals surface area (Å²) in [7, 11) is 0. The molecular formula is C9H14ClNO. The van der Waals surface area contributed by atoms with Gasteiger partial charge in [-0.1, -0.05) is 12.8 Å². The summed E-state index contributed by atoms with van der Waals surface area (Å²) < 4.78 is 0. The molecule has 0 spiro atoms. The van der Waals surface area contributed by atoms with E-state index in [9.17, 15) is 4.79 Å². The van der Waals surface area contributed by atoms with Gasteiger partial charge < -0.3 is 5.32 Å². The van der Waals surface area contributed by atoms with Gasteiger partial charge in [0.05, 0.1) is 0 Å². The SMILES string of the molecule is O=C1NC2CCCC[C@H]2C[C@H]1Cl. The van der Waals surface area contributed by atoms with Gasteiger partial charge in [-0.3, -0.25) is 4.79 Å². The molecule has 3 heteroatoms. The van der Waals surface area contributed by atoms with Crippen LogP contribution in [-0.4, -0.2) is 17.3 Å². The predicted molar refractivity (Wildman–Crippen MR) is 48.1 cm³/mol. The second-order valence-electron chi connectivity index (χ2n) is 3.86. The Kier molecular flexibility index (Phi) is 2.26. The van der Waals surface area contributed by atoms with Crippen molar-refractivity contribution in [1.29, 1.82) is 0 Å². The van der Waals surface area contributed by atoms with Crippen LogP contribution in [0, 0.1) is 5.92 Å². The number of fused-ring (bicyclic) bond motifs is 1. The standard InChI is InChI=1S/C9H14ClNO/c10-7-5-6-3-1-2-4-8(6)11-9(7)12/h6-8H,1-5H2,(H,11,12)/t6-,7+,8?/m0/s1. The van der Waals surface area contributed by atoms with Crippen molar-refractivity contribution >= 4 is 17.5 Å². The number of alkyl halides is 1. The van der Waals surface area contributed by atoms with E-state index in [4.69, 9.17) is 11.6 Å². The van der Waals surface area contributed by atoms with Crippen LogP contribution in [0.5, 0.6) is 0 Å². The van der Waals surface area contributed by atoms with E-state index in [1.165, 1.54) is 19.3 Å². The van der Waals surface area contributed by atoms with Crippen LogP contribution in [-0.2, 0) is 4.79 Å². The normalized spacial score (nSPS) is 41.8. The van der Waals surface area contributed by atoms with E-state index >= 15 is 0 Å². The molecule has 0 bridgehead atoms. The largest absolute Gasteiger partial charge is 0.352 e. The van der Waals surface area contributed by atoms with E-state index in [2.05, 4.69) is 5.32 Å². The summed E-state index contributed by atoms with van der Waals surface area (Å²) in [5.74, 6) is 0.693. The van der Waals surface area contributed by atoms with Crippen molar-refractivity contribution in [2.24, 2.45) is 5.92 Å². The third-order valence-electron chi connectivity index (χ3n) is 3.03. The van der Waals surface area contributed by atoms with Crippen LogP contribution >= 0.6 is 11.6 Å². The van der Waals surface area contributed by atoms with Crippen LogP contribution in [0.4, 0.5) is 0 Å². The maximum Gasteiger partial charge on any atom is 0.238 e. The molecule has 1 unspecified atom stereocenters. The van der Waals surface area contributed by atoms with Crippen LogP contribution in [0.15, 0.2) is 0 Å². The van der Waals surface area contributed by atoms with E-state index in [-0.39, 0.29) is 11.3 Å². The van der Waals surface area contributed by atoms with E-state index < -0.39 is 0 Å². The van der Waals surface area contributed by atoms with Crippen LogP contribution in [0.1, 0.15) is 32.1 Å². The molecule has 2 fully saturated rings. The molecule has 2 aliphatic rings. The fourth-order valence-corrected chi connectivity index (χ4v) is 2.62. The molecule has 1 N–H and O–H groups in total. The first-order chi connectivity index (χ1) is 5.77. The van der Waals surface area contributed by atoms with Gasteiger partial charge in [-0.25, -0.2) is 0 Å². The average Bonchev–Trinajstić information content (AvgIpc) is 2.07. The highest BCUT2D eigenvalue weighted by atomic mass is 35.5. The Hall–Kier alpha value is -0.240. The smallest absolute Gasteiger partial charge is 0.238 e. The summed E-state index contributed by atoms with van der Waals surface area (Å²) >= 11 is 5.87. The lowest BCUT2D eigenvalue weighted by Crippen LogP contribution is -2.51. The van der Waals surface area contributed by atoms with Gasteiger partial charge in [0.25, 0.3) is 0 Å². The Morgan fingerprint density at radius 2 is 2.08 bits per heavy atom. The van der Waals surface area contributed by atoms with Crippen molar-refractivity contribution in [3.05, 3.63) is 0 Å². The Morgan fingerprint density at radius 3 is 2.92 bits per heavy atom. The molecule has 0 aromatic heterocycles. The number of carbonyl (C=O) groups is 1. The maximum absolute atomic E-state index is 11.2. The van der Waals surface area contributed by atoms with E-state index in [1.54, 1.807) is 0 Å². The van der Waals surface area contributed by atoms with Crippen LogP contribution in [0.2, 0.25) is 0 Å². The van der Waals surface area contributed by atoms with E-state index in [0.29, 0.717) is 12.0 Å². The van der Waals surface area contributed by atoms with Gasteiger partial charge in [-0.15, -0.1) is 11.6 Å². The summed E-state index contributed by atoms with van der Waals surface area (Å²) in [4.78, 5) is 11.2. The van der Waals surface area contributed by atoms with Gasteiger partial charge in [0.15, 0.2) is 0 Å². The first-order valence-corrected chi connectivity index (χ1v) is 5.15. The van der Waals surface area contributed by atoms with Crippen molar-refractivity contribution in [1.82, 2.24) is 5.32 Å². The number of nitrogens with one attached hydrogen (secondary N) is 1. The fraction of sp³-hybridized carbons (Fsp3) is 0.889. The maximum atomic E-state index is 11.2. The Balaban J connectivity index is 2.02. The van der Waals surface area contributed by atoms with E-state index in [0.717, 1.165) is 12.8 Å². The summed E-state index contributed by atoms with van der Waals surface area (Å²) in [6, 6.07) is 0.432. The summed E-state index contributed by atoms with van der Waals surface area (Å²) in [6.45, 7) is 0. The van der Waals surface area contributed by atoms with Crippen LogP contribution in [0.3, 0.4) is 0 Å². The molecule has 0 radical (unpaired) electrons. The van der Waals surface area contributed by atoms with Gasteiger partial charge in [0.2, 0.25) is 5.91 Å². The number of amides is 1. The van der Waals surface area contributed by atoms with Crippen LogP contribution < -0.4 is 5.32 Å². The quantitative estimate of drug-likeness (QED) is 0.575. The van der Waals surface area contributed by atoms with Gasteiger partial charge in [-0.05, 0) is 25.2 Å². The average molecular weight is 188 g/mol. The summed E-state index contributed by atoms with van der Waals surface area (Å²) in [5, 5.41) is 2.72. The molecule has 12 heavy (non-hydrogen) atoms. The molecule has 3 atom stereocenters. The zero-order valence-corrected chi connectivity index (χ0v) is 7.81. The highest BCUT2D eigenvalue weighted by Crippen LogP contribution is 2.32. The van der Waals surface area contributed by atoms with Crippen LogP contribution in [0.25, 0.3) is 0 Å². The summed E-state index contributed by atoms with van der Waals surface area (Å²) in [5.41, 5.74) is 0. The molecule has 0 aromatic carbocycles. The minimum Gasteiger partial charge on any atom is -0.352 e. The van der Waals surface area contributed by atoms with Crippen molar-refractivity contribution in [3.8, 4) is 0 Å². The Morgan fingerprint density at radius 1 is 1.33 bits per heavy atom. The molecule has 0 aromatic rings. The third kappa shape index (κ3) is 1.45. The number of rotatable bonds is 0. The second kappa shape index (κ2) is 3.25. The number of halogens is 1. The molecule has 1 saturated heterocycles. The molecule has 1 heterocycles. The highest BCUT2D eigenvalue weighted by Gasteiger charge is 2.35. The van der Waals surface area contributed by atoms with Crippen molar-refractivity contribution in [2.45, 2.75) is 43.5 Å². The Bertz CT molecular complexity index is 195. The minimum atomic E-state index is -0.274. The molecular weight excluding hydrogens is 174 g/mol. The Labute approximate surface area is 77.7 Å². The molecule has 2 rings (SSSR count). The molecule has 1 aliphatic carbocycles. The van der Waals surface area contributed by atoms with E-state index in [1.807, 2.05) is 0 Å². The topological polar surface area (TPSA) is 29.1 Å². The lowest BCUT2D eigenvalue weighted by atomic mass is 9.79. The first-order valence-electron chi connectivity index (χ1n) is 4.72. The third-order valence-corrected chi connectivity index (χ3v) is 3.41. The first kappa shape index (κ1) is 8.36. The number of hydrogen-bond acceptors (Lipinski definition) is 1. The zero-order valence-electron chi connectivity index (χ0n) is 7.05. The van der Waals surface area contributed by atoms with Crippen molar-refractivity contribution in [2.75, 3.05) is 0 Å².